The lowest BCUT2D eigenvalue weighted by atomic mass is 10.0. The Kier molecular flexibility index (Phi) is 6.67. The second-order valence-electron chi connectivity index (χ2n) is 7.90. The Bertz CT molecular complexity index is 867. The molecule has 7 heteroatoms. The third-order valence-corrected chi connectivity index (χ3v) is 6.08. The first-order chi connectivity index (χ1) is 14.6. The predicted molar refractivity (Wildman–Crippen MR) is 117 cm³/mol. The summed E-state index contributed by atoms with van der Waals surface area (Å²) in [5.74, 6) is 0.0271. The van der Waals surface area contributed by atoms with Crippen LogP contribution in [0.15, 0.2) is 54.6 Å². The Labute approximate surface area is 182 Å². The first kappa shape index (κ1) is 20.8. The van der Waals surface area contributed by atoms with Crippen molar-refractivity contribution >= 4 is 23.4 Å². The Balaban J connectivity index is 1.24. The highest BCUT2D eigenvalue weighted by Gasteiger charge is 2.29. The van der Waals surface area contributed by atoms with Crippen LogP contribution in [0.25, 0.3) is 0 Å². The monoisotopic (exact) mass is 426 g/mol. The number of halogens is 1. The Morgan fingerprint density at radius 3 is 2.37 bits per heavy atom. The Hall–Kier alpha value is -2.41. The summed E-state index contributed by atoms with van der Waals surface area (Å²) < 4.78 is 0. The summed E-state index contributed by atoms with van der Waals surface area (Å²) in [6.45, 7) is 4.53. The van der Waals surface area contributed by atoms with Gasteiger partial charge in [0.15, 0.2) is 0 Å². The average molecular weight is 427 g/mol. The Morgan fingerprint density at radius 1 is 1.00 bits per heavy atom. The van der Waals surface area contributed by atoms with Gasteiger partial charge in [0.2, 0.25) is 11.8 Å². The van der Waals surface area contributed by atoms with Gasteiger partial charge < -0.3 is 9.80 Å². The van der Waals surface area contributed by atoms with E-state index in [0.29, 0.717) is 31.2 Å². The van der Waals surface area contributed by atoms with Crippen LogP contribution in [0.3, 0.4) is 0 Å². The molecule has 1 unspecified atom stereocenters. The highest BCUT2D eigenvalue weighted by atomic mass is 35.5. The lowest BCUT2D eigenvalue weighted by Crippen LogP contribution is -2.54. The molecule has 0 aromatic heterocycles. The van der Waals surface area contributed by atoms with Crippen LogP contribution in [0.4, 0.5) is 0 Å². The van der Waals surface area contributed by atoms with Crippen molar-refractivity contribution in [3.63, 3.8) is 0 Å². The lowest BCUT2D eigenvalue weighted by molar-refractivity contribution is -0.144. The second-order valence-corrected chi connectivity index (χ2v) is 8.34. The van der Waals surface area contributed by atoms with Crippen molar-refractivity contribution in [2.45, 2.75) is 19.0 Å². The summed E-state index contributed by atoms with van der Waals surface area (Å²) in [6, 6.07) is 17.9. The molecule has 2 aromatic carbocycles. The largest absolute Gasteiger partial charge is 0.339 e. The highest BCUT2D eigenvalue weighted by Crippen LogP contribution is 2.23. The zero-order valence-corrected chi connectivity index (χ0v) is 17.7. The van der Waals surface area contributed by atoms with Crippen LogP contribution in [0, 0.1) is 0 Å². The number of nitrogens with zero attached hydrogens (tertiary/aromatic N) is 3. The number of rotatable bonds is 5. The van der Waals surface area contributed by atoms with Gasteiger partial charge in [-0.25, -0.2) is 0 Å². The fourth-order valence-electron chi connectivity index (χ4n) is 4.02. The van der Waals surface area contributed by atoms with Gasteiger partial charge in [-0.3, -0.25) is 19.8 Å². The number of piperazine rings is 1. The third kappa shape index (κ3) is 5.19. The maximum atomic E-state index is 12.7. The molecule has 0 spiro atoms. The molecular weight excluding hydrogens is 400 g/mol. The summed E-state index contributed by atoms with van der Waals surface area (Å²) in [6.07, 6.45) is 0.347. The van der Waals surface area contributed by atoms with Crippen LogP contribution in [0.5, 0.6) is 0 Å². The number of carbonyl (C=O) groups is 2. The SMILES string of the molecule is O=C(CN1CNC(c2ccc(Cl)cc2)CC1=O)N1CCN(Cc2ccccc2)CC1. The van der Waals surface area contributed by atoms with Gasteiger partial charge in [0.1, 0.15) is 6.54 Å². The van der Waals surface area contributed by atoms with E-state index in [1.54, 1.807) is 4.90 Å². The minimum absolute atomic E-state index is 0.00441. The van der Waals surface area contributed by atoms with Gasteiger partial charge in [-0.05, 0) is 23.3 Å². The lowest BCUT2D eigenvalue weighted by Gasteiger charge is -2.37. The van der Waals surface area contributed by atoms with Crippen LogP contribution in [0.1, 0.15) is 23.6 Å². The van der Waals surface area contributed by atoms with Gasteiger partial charge in [0.25, 0.3) is 0 Å². The molecule has 2 aliphatic heterocycles. The minimum atomic E-state index is -0.0392. The van der Waals surface area contributed by atoms with E-state index in [1.165, 1.54) is 5.56 Å². The molecule has 1 atom stereocenters. The number of hydrogen-bond donors (Lipinski definition) is 1. The maximum Gasteiger partial charge on any atom is 0.242 e. The zero-order chi connectivity index (χ0) is 20.9. The van der Waals surface area contributed by atoms with Crippen LogP contribution >= 0.6 is 11.6 Å². The topological polar surface area (TPSA) is 55.9 Å². The summed E-state index contributed by atoms with van der Waals surface area (Å²) in [5.41, 5.74) is 2.32. The summed E-state index contributed by atoms with van der Waals surface area (Å²) in [5, 5.41) is 4.04. The van der Waals surface area contributed by atoms with Crippen molar-refractivity contribution in [2.75, 3.05) is 39.4 Å². The van der Waals surface area contributed by atoms with Crippen LogP contribution in [-0.4, -0.2) is 65.9 Å². The average Bonchev–Trinajstić information content (AvgIpc) is 2.77. The van der Waals surface area contributed by atoms with Crippen LogP contribution in [0.2, 0.25) is 5.02 Å². The minimum Gasteiger partial charge on any atom is -0.339 e. The van der Waals surface area contributed by atoms with Crippen LogP contribution in [-0.2, 0) is 16.1 Å². The van der Waals surface area contributed by atoms with Gasteiger partial charge in [-0.2, -0.15) is 0 Å². The molecule has 2 fully saturated rings. The molecule has 0 aliphatic carbocycles. The Morgan fingerprint density at radius 2 is 1.70 bits per heavy atom. The third-order valence-electron chi connectivity index (χ3n) is 5.83. The van der Waals surface area contributed by atoms with Crippen molar-refractivity contribution in [1.82, 2.24) is 20.0 Å². The van der Waals surface area contributed by atoms with E-state index in [9.17, 15) is 9.59 Å². The molecular formula is C23H27ClN4O2. The van der Waals surface area contributed by atoms with Crippen molar-refractivity contribution in [2.24, 2.45) is 0 Å². The van der Waals surface area contributed by atoms with Gasteiger partial charge in [-0.15, -0.1) is 0 Å². The zero-order valence-electron chi connectivity index (χ0n) is 17.0. The van der Waals surface area contributed by atoms with E-state index >= 15 is 0 Å². The first-order valence-electron chi connectivity index (χ1n) is 10.4. The molecule has 2 heterocycles. The quantitative estimate of drug-likeness (QED) is 0.798. The molecule has 0 bridgehead atoms. The molecule has 158 valence electrons. The van der Waals surface area contributed by atoms with Crippen LogP contribution < -0.4 is 5.32 Å². The van der Waals surface area contributed by atoms with Gasteiger partial charge in [-0.1, -0.05) is 54.1 Å². The van der Waals surface area contributed by atoms with Crippen molar-refractivity contribution in [1.29, 1.82) is 0 Å². The maximum absolute atomic E-state index is 12.7. The predicted octanol–water partition coefficient (Wildman–Crippen LogP) is 2.50. The molecule has 1 N–H and O–H groups in total. The number of benzene rings is 2. The van der Waals surface area contributed by atoms with E-state index in [1.807, 2.05) is 35.2 Å². The number of hydrogen-bond acceptors (Lipinski definition) is 4. The smallest absolute Gasteiger partial charge is 0.242 e. The van der Waals surface area contributed by atoms with Gasteiger partial charge >= 0.3 is 0 Å². The summed E-state index contributed by atoms with van der Waals surface area (Å²) >= 11 is 5.94. The second kappa shape index (κ2) is 9.60. The highest BCUT2D eigenvalue weighted by molar-refractivity contribution is 6.30. The van der Waals surface area contributed by atoms with Gasteiger partial charge in [0.05, 0.1) is 6.67 Å². The molecule has 6 nitrogen and oxygen atoms in total. The van der Waals surface area contributed by atoms with Gasteiger partial charge in [0, 0.05) is 50.2 Å². The number of carbonyl (C=O) groups excluding carboxylic acids is 2. The van der Waals surface area contributed by atoms with E-state index in [2.05, 4.69) is 34.5 Å². The molecule has 4 rings (SSSR count). The van der Waals surface area contributed by atoms with E-state index in [0.717, 1.165) is 25.2 Å². The van der Waals surface area contributed by atoms with E-state index in [-0.39, 0.29) is 24.4 Å². The first-order valence-corrected chi connectivity index (χ1v) is 10.8. The molecule has 0 saturated carbocycles. The summed E-state index contributed by atoms with van der Waals surface area (Å²) in [4.78, 5) is 31.2. The number of amides is 2. The summed E-state index contributed by atoms with van der Waals surface area (Å²) in [7, 11) is 0. The molecule has 2 aliphatic rings. The molecule has 2 aromatic rings. The molecule has 0 radical (unpaired) electrons. The van der Waals surface area contributed by atoms with E-state index in [4.69, 9.17) is 11.6 Å². The van der Waals surface area contributed by atoms with Crippen molar-refractivity contribution in [3.05, 3.63) is 70.7 Å². The fraction of sp³-hybridized carbons (Fsp3) is 0.391. The fourth-order valence-corrected chi connectivity index (χ4v) is 4.15. The molecule has 2 amide bonds. The molecule has 30 heavy (non-hydrogen) atoms. The standard InChI is InChI=1S/C23H27ClN4O2/c24-20-8-6-19(7-9-20)21-14-22(29)28(17-25-21)16-23(30)27-12-10-26(11-13-27)15-18-4-2-1-3-5-18/h1-9,21,25H,10-17H2. The molecule has 2 saturated heterocycles. The van der Waals surface area contributed by atoms with Crippen molar-refractivity contribution in [3.8, 4) is 0 Å². The van der Waals surface area contributed by atoms with Crippen molar-refractivity contribution < 1.29 is 9.59 Å². The normalized spacial score (nSPS) is 20.4. The number of nitrogens with one attached hydrogen (secondary N) is 1. The van der Waals surface area contributed by atoms with E-state index < -0.39 is 0 Å².